The molecule has 0 atom stereocenters. The highest BCUT2D eigenvalue weighted by atomic mass is 32.2. The minimum atomic E-state index is -3.49. The van der Waals surface area contributed by atoms with Gasteiger partial charge in [0.1, 0.15) is 0 Å². The molecule has 1 aromatic heterocycles. The molecule has 0 saturated heterocycles. The van der Waals surface area contributed by atoms with Crippen LogP contribution in [0.1, 0.15) is 37.5 Å². The van der Waals surface area contributed by atoms with Crippen LogP contribution in [0.4, 0.5) is 5.69 Å². The van der Waals surface area contributed by atoms with Crippen LogP contribution < -0.4 is 10.0 Å². The Bertz CT molecular complexity index is 754. The van der Waals surface area contributed by atoms with E-state index in [4.69, 9.17) is 0 Å². The van der Waals surface area contributed by atoms with Gasteiger partial charge < -0.3 is 5.32 Å². The number of carbonyl (C=O) groups is 1. The van der Waals surface area contributed by atoms with Gasteiger partial charge in [0, 0.05) is 17.1 Å². The van der Waals surface area contributed by atoms with Crippen LogP contribution in [-0.2, 0) is 21.2 Å². The van der Waals surface area contributed by atoms with Crippen molar-refractivity contribution in [3.63, 3.8) is 0 Å². The number of hydrogen-bond acceptors (Lipinski definition) is 4. The molecular formula is C18H24N2O3S2. The summed E-state index contributed by atoms with van der Waals surface area (Å²) in [6.07, 6.45) is 4.41. The smallest absolute Gasteiger partial charge is 0.240 e. The van der Waals surface area contributed by atoms with Gasteiger partial charge in [0.05, 0.1) is 11.3 Å². The zero-order valence-corrected chi connectivity index (χ0v) is 16.0. The minimum Gasteiger partial charge on any atom is -0.326 e. The minimum absolute atomic E-state index is 0.118. The zero-order chi connectivity index (χ0) is 18.1. The molecule has 0 spiro atoms. The molecule has 2 N–H and O–H groups in total. The van der Waals surface area contributed by atoms with Crippen molar-refractivity contribution in [2.24, 2.45) is 0 Å². The molecule has 0 aliphatic heterocycles. The largest absolute Gasteiger partial charge is 0.326 e. The lowest BCUT2D eigenvalue weighted by molar-refractivity contribution is -0.115. The summed E-state index contributed by atoms with van der Waals surface area (Å²) in [4.78, 5) is 13.2. The number of anilines is 1. The fourth-order valence-corrected chi connectivity index (χ4v) is 4.11. The predicted octanol–water partition coefficient (Wildman–Crippen LogP) is 3.79. The molecule has 0 aliphatic carbocycles. The number of hydrogen-bond donors (Lipinski definition) is 2. The van der Waals surface area contributed by atoms with Crippen molar-refractivity contribution in [3.8, 4) is 0 Å². The molecule has 0 bridgehead atoms. The van der Waals surface area contributed by atoms with Crippen LogP contribution >= 0.6 is 11.3 Å². The third kappa shape index (κ3) is 6.61. The molecular weight excluding hydrogens is 356 g/mol. The first-order valence-electron chi connectivity index (χ1n) is 8.43. The Kier molecular flexibility index (Phi) is 7.61. The summed E-state index contributed by atoms with van der Waals surface area (Å²) in [5, 5.41) is 4.71. The Morgan fingerprint density at radius 1 is 1.08 bits per heavy atom. The van der Waals surface area contributed by atoms with Crippen LogP contribution in [0.2, 0.25) is 0 Å². The summed E-state index contributed by atoms with van der Waals surface area (Å²) < 4.78 is 27.0. The van der Waals surface area contributed by atoms with Gasteiger partial charge in [-0.2, -0.15) is 0 Å². The molecule has 136 valence electrons. The van der Waals surface area contributed by atoms with E-state index in [1.54, 1.807) is 12.1 Å². The Morgan fingerprint density at radius 3 is 2.48 bits per heavy atom. The van der Waals surface area contributed by atoms with E-state index in [1.807, 2.05) is 17.5 Å². The Labute approximate surface area is 153 Å². The topological polar surface area (TPSA) is 75.3 Å². The first-order chi connectivity index (χ1) is 12.0. The third-order valence-corrected chi connectivity index (χ3v) is 6.04. The van der Waals surface area contributed by atoms with Gasteiger partial charge in [-0.3, -0.25) is 4.79 Å². The summed E-state index contributed by atoms with van der Waals surface area (Å²) in [6.45, 7) is 2.56. The average molecular weight is 381 g/mol. The van der Waals surface area contributed by atoms with Crippen LogP contribution in [0, 0.1) is 0 Å². The average Bonchev–Trinajstić information content (AvgIpc) is 3.08. The summed E-state index contributed by atoms with van der Waals surface area (Å²) in [7, 11) is -3.49. The molecule has 0 radical (unpaired) electrons. The molecule has 1 aromatic carbocycles. The Morgan fingerprint density at radius 2 is 1.84 bits per heavy atom. The van der Waals surface area contributed by atoms with Crippen molar-refractivity contribution in [2.45, 2.75) is 43.9 Å². The molecule has 7 heteroatoms. The maximum absolute atomic E-state index is 12.2. The number of rotatable bonds is 10. The third-order valence-electron chi connectivity index (χ3n) is 3.69. The molecule has 0 unspecified atom stereocenters. The van der Waals surface area contributed by atoms with E-state index in [0.29, 0.717) is 18.7 Å². The van der Waals surface area contributed by atoms with Gasteiger partial charge in [-0.05, 0) is 42.1 Å². The summed E-state index contributed by atoms with van der Waals surface area (Å²) >= 11 is 1.53. The van der Waals surface area contributed by atoms with Gasteiger partial charge in [0.15, 0.2) is 0 Å². The van der Waals surface area contributed by atoms with Crippen LogP contribution in [0.3, 0.4) is 0 Å². The SMILES string of the molecule is CCCCCCNS(=O)(=O)c1ccc(NC(=O)Cc2cccs2)cc1. The first-order valence-corrected chi connectivity index (χ1v) is 10.8. The molecule has 2 rings (SSSR count). The molecule has 2 aromatic rings. The van der Waals surface area contributed by atoms with E-state index in [9.17, 15) is 13.2 Å². The van der Waals surface area contributed by atoms with Crippen LogP contribution in [0.5, 0.6) is 0 Å². The first kappa shape index (κ1) is 19.6. The van der Waals surface area contributed by atoms with Crippen molar-refractivity contribution in [3.05, 3.63) is 46.7 Å². The Balaban J connectivity index is 1.86. The van der Waals surface area contributed by atoms with E-state index >= 15 is 0 Å². The standard InChI is InChI=1S/C18H24N2O3S2/c1-2-3-4-5-12-19-25(22,23)17-10-8-15(9-11-17)20-18(21)14-16-7-6-13-24-16/h6-11,13,19H,2-5,12,14H2,1H3,(H,20,21). The second-order valence-corrected chi connectivity index (χ2v) is 8.59. The highest BCUT2D eigenvalue weighted by molar-refractivity contribution is 7.89. The fraction of sp³-hybridized carbons (Fsp3) is 0.389. The van der Waals surface area contributed by atoms with Gasteiger partial charge in [-0.1, -0.05) is 32.3 Å². The second-order valence-electron chi connectivity index (χ2n) is 5.79. The highest BCUT2D eigenvalue weighted by Crippen LogP contribution is 2.15. The van der Waals surface area contributed by atoms with Gasteiger partial charge in [-0.25, -0.2) is 13.1 Å². The number of unbranched alkanes of at least 4 members (excludes halogenated alkanes) is 3. The normalized spacial score (nSPS) is 11.4. The van der Waals surface area contributed by atoms with Crippen molar-refractivity contribution in [1.29, 1.82) is 0 Å². The number of carbonyl (C=O) groups excluding carboxylic acids is 1. The van der Waals surface area contributed by atoms with E-state index in [2.05, 4.69) is 17.0 Å². The molecule has 1 heterocycles. The molecule has 0 saturated carbocycles. The van der Waals surface area contributed by atoms with E-state index in [1.165, 1.54) is 23.5 Å². The molecule has 25 heavy (non-hydrogen) atoms. The van der Waals surface area contributed by atoms with Gasteiger partial charge >= 0.3 is 0 Å². The quantitative estimate of drug-likeness (QED) is 0.616. The monoisotopic (exact) mass is 380 g/mol. The van der Waals surface area contributed by atoms with Crippen LogP contribution in [0.25, 0.3) is 0 Å². The second kappa shape index (κ2) is 9.70. The number of sulfonamides is 1. The van der Waals surface area contributed by atoms with E-state index < -0.39 is 10.0 Å². The number of benzene rings is 1. The molecule has 1 amide bonds. The number of thiophene rings is 1. The van der Waals surface area contributed by atoms with Crippen molar-refractivity contribution in [1.82, 2.24) is 4.72 Å². The van der Waals surface area contributed by atoms with Gasteiger partial charge in [0.25, 0.3) is 0 Å². The lowest BCUT2D eigenvalue weighted by atomic mass is 10.2. The van der Waals surface area contributed by atoms with Gasteiger partial charge in [0.2, 0.25) is 15.9 Å². The molecule has 0 fully saturated rings. The van der Waals surface area contributed by atoms with Gasteiger partial charge in [-0.15, -0.1) is 11.3 Å². The fourth-order valence-electron chi connectivity index (χ4n) is 2.34. The highest BCUT2D eigenvalue weighted by Gasteiger charge is 2.13. The van der Waals surface area contributed by atoms with E-state index in [-0.39, 0.29) is 10.8 Å². The maximum atomic E-state index is 12.2. The zero-order valence-electron chi connectivity index (χ0n) is 14.3. The predicted molar refractivity (Wildman–Crippen MR) is 102 cm³/mol. The Hall–Kier alpha value is -1.70. The lowest BCUT2D eigenvalue weighted by Gasteiger charge is -2.08. The van der Waals surface area contributed by atoms with Crippen molar-refractivity contribution in [2.75, 3.05) is 11.9 Å². The van der Waals surface area contributed by atoms with Crippen LogP contribution in [-0.4, -0.2) is 20.9 Å². The summed E-state index contributed by atoms with van der Waals surface area (Å²) in [5.74, 6) is -0.118. The maximum Gasteiger partial charge on any atom is 0.240 e. The number of nitrogens with one attached hydrogen (secondary N) is 2. The lowest BCUT2D eigenvalue weighted by Crippen LogP contribution is -2.24. The summed E-state index contributed by atoms with van der Waals surface area (Å²) in [6, 6.07) is 10.1. The molecule has 5 nitrogen and oxygen atoms in total. The van der Waals surface area contributed by atoms with Crippen LogP contribution in [0.15, 0.2) is 46.7 Å². The molecule has 0 aliphatic rings. The summed E-state index contributed by atoms with van der Waals surface area (Å²) in [5.41, 5.74) is 0.587. The van der Waals surface area contributed by atoms with Crippen molar-refractivity contribution < 1.29 is 13.2 Å². The number of amides is 1. The van der Waals surface area contributed by atoms with Crippen molar-refractivity contribution >= 4 is 33.0 Å². The van der Waals surface area contributed by atoms with E-state index in [0.717, 1.165) is 30.6 Å².